The van der Waals surface area contributed by atoms with Crippen molar-refractivity contribution in [1.29, 1.82) is 0 Å². The molecular formula is C18H20N4O5S2. The summed E-state index contributed by atoms with van der Waals surface area (Å²) in [6, 6.07) is 5.81. The summed E-state index contributed by atoms with van der Waals surface area (Å²) in [6.45, 7) is 1.96. The number of carbonyl (C=O) groups is 2. The fraction of sp³-hybridized carbons (Fsp3) is 0.333. The lowest BCUT2D eigenvalue weighted by Crippen LogP contribution is -2.29. The molecule has 11 heteroatoms. The first-order chi connectivity index (χ1) is 13.8. The monoisotopic (exact) mass is 436 g/mol. The Morgan fingerprint density at radius 1 is 1.31 bits per heavy atom. The Kier molecular flexibility index (Phi) is 6.60. The Balaban J connectivity index is 1.53. The van der Waals surface area contributed by atoms with Gasteiger partial charge in [-0.25, -0.2) is 13.4 Å². The fourth-order valence-electron chi connectivity index (χ4n) is 2.61. The zero-order valence-electron chi connectivity index (χ0n) is 15.7. The molecule has 0 bridgehead atoms. The van der Waals surface area contributed by atoms with Gasteiger partial charge >= 0.3 is 5.97 Å². The van der Waals surface area contributed by atoms with Crippen LogP contribution in [0, 0.1) is 6.92 Å². The first kappa shape index (κ1) is 20.9. The molecule has 1 aliphatic heterocycles. The summed E-state index contributed by atoms with van der Waals surface area (Å²) in [5, 5.41) is 5.12. The highest BCUT2D eigenvalue weighted by Gasteiger charge is 2.19. The lowest BCUT2D eigenvalue weighted by Gasteiger charge is -2.10. The minimum Gasteiger partial charge on any atom is -0.455 e. The highest BCUT2D eigenvalue weighted by atomic mass is 32.2. The van der Waals surface area contributed by atoms with Crippen LogP contribution in [0.3, 0.4) is 0 Å². The summed E-state index contributed by atoms with van der Waals surface area (Å²) < 4.78 is 32.3. The molecule has 0 radical (unpaired) electrons. The van der Waals surface area contributed by atoms with Gasteiger partial charge in [0, 0.05) is 24.0 Å². The van der Waals surface area contributed by atoms with Crippen molar-refractivity contribution >= 4 is 44.8 Å². The van der Waals surface area contributed by atoms with Crippen LogP contribution in [0.4, 0.5) is 5.69 Å². The minimum atomic E-state index is -3.78. The van der Waals surface area contributed by atoms with Crippen LogP contribution in [-0.4, -0.2) is 44.3 Å². The molecule has 0 saturated carbocycles. The van der Waals surface area contributed by atoms with Crippen LogP contribution in [0.2, 0.25) is 0 Å². The number of benzene rings is 1. The first-order valence-corrected chi connectivity index (χ1v) is 11.2. The Hall–Kier alpha value is -2.79. The van der Waals surface area contributed by atoms with E-state index in [0.717, 1.165) is 11.4 Å². The number of hydrogen-bond donors (Lipinski definition) is 2. The van der Waals surface area contributed by atoms with Crippen LogP contribution in [0.1, 0.15) is 23.5 Å². The Bertz CT molecular complexity index is 1050. The number of nitrogens with one attached hydrogen (secondary N) is 2. The highest BCUT2D eigenvalue weighted by molar-refractivity contribution is 7.90. The molecule has 1 aliphatic rings. The van der Waals surface area contributed by atoms with Crippen molar-refractivity contribution in [3.05, 3.63) is 40.3 Å². The van der Waals surface area contributed by atoms with E-state index in [1.807, 2.05) is 6.92 Å². The van der Waals surface area contributed by atoms with Crippen molar-refractivity contribution in [2.75, 3.05) is 18.5 Å². The van der Waals surface area contributed by atoms with Crippen molar-refractivity contribution in [3.63, 3.8) is 0 Å². The molecule has 1 aromatic heterocycles. The molecule has 29 heavy (non-hydrogen) atoms. The number of rotatable bonds is 7. The molecule has 0 saturated heterocycles. The molecule has 0 atom stereocenters. The maximum atomic E-state index is 12.4. The number of nitrogens with zero attached hydrogens (tertiary/aromatic N) is 2. The van der Waals surface area contributed by atoms with Gasteiger partial charge in [-0.1, -0.05) is 6.07 Å². The average molecular weight is 437 g/mol. The molecule has 3 rings (SSSR count). The molecule has 0 unspecified atom stereocenters. The molecule has 0 fully saturated rings. The number of thiazole rings is 1. The van der Waals surface area contributed by atoms with Gasteiger partial charge < -0.3 is 10.1 Å². The number of sulfonamides is 1. The number of esters is 1. The summed E-state index contributed by atoms with van der Waals surface area (Å²) in [7, 11) is -3.78. The molecule has 1 amide bonds. The number of aryl methyl sites for hydroxylation is 1. The lowest BCUT2D eigenvalue weighted by atomic mass is 10.3. The van der Waals surface area contributed by atoms with E-state index in [2.05, 4.69) is 20.0 Å². The van der Waals surface area contributed by atoms with Gasteiger partial charge in [-0.2, -0.15) is 0 Å². The van der Waals surface area contributed by atoms with E-state index >= 15 is 0 Å². The maximum absolute atomic E-state index is 12.4. The summed E-state index contributed by atoms with van der Waals surface area (Å²) in [5.41, 5.74) is 0.868. The second kappa shape index (κ2) is 9.14. The second-order valence-corrected chi connectivity index (χ2v) is 9.05. The van der Waals surface area contributed by atoms with Crippen molar-refractivity contribution in [2.45, 2.75) is 31.1 Å². The molecule has 1 aromatic carbocycles. The van der Waals surface area contributed by atoms with Crippen molar-refractivity contribution in [1.82, 2.24) is 9.71 Å². The van der Waals surface area contributed by atoms with Gasteiger partial charge in [0.25, 0.3) is 15.9 Å². The maximum Gasteiger partial charge on any atom is 0.312 e. The summed E-state index contributed by atoms with van der Waals surface area (Å²) in [6.07, 6.45) is 1.39. The normalized spacial score (nSPS) is 13.6. The van der Waals surface area contributed by atoms with Gasteiger partial charge in [-0.3, -0.25) is 19.3 Å². The van der Waals surface area contributed by atoms with Gasteiger partial charge in [-0.15, -0.1) is 11.3 Å². The van der Waals surface area contributed by atoms with Crippen LogP contribution in [-0.2, 0) is 30.8 Å². The van der Waals surface area contributed by atoms with Crippen molar-refractivity contribution in [2.24, 2.45) is 4.99 Å². The molecule has 154 valence electrons. The number of hydrogen-bond acceptors (Lipinski definition) is 8. The van der Waals surface area contributed by atoms with Crippen molar-refractivity contribution < 1.29 is 22.7 Å². The van der Waals surface area contributed by atoms with Gasteiger partial charge in [0.2, 0.25) is 0 Å². The molecule has 0 spiro atoms. The molecular weight excluding hydrogens is 416 g/mol. The van der Waals surface area contributed by atoms with Crippen LogP contribution in [0.25, 0.3) is 0 Å². The SMILES string of the molecule is Cc1nc(CC(=O)OCC(=O)Nc2cccc(S(=O)(=O)NC3=NCCC3)c2)cs1. The number of carbonyl (C=O) groups excluding carboxylic acids is 2. The number of amides is 1. The number of amidine groups is 1. The Morgan fingerprint density at radius 2 is 2.14 bits per heavy atom. The predicted octanol–water partition coefficient (Wildman–Crippen LogP) is 1.65. The molecule has 2 heterocycles. The average Bonchev–Trinajstić information content (AvgIpc) is 3.31. The van der Waals surface area contributed by atoms with Crippen LogP contribution in [0.15, 0.2) is 39.5 Å². The second-order valence-electron chi connectivity index (χ2n) is 6.31. The number of anilines is 1. The summed E-state index contributed by atoms with van der Waals surface area (Å²) in [4.78, 5) is 32.1. The van der Waals surface area contributed by atoms with Crippen molar-refractivity contribution in [3.8, 4) is 0 Å². The lowest BCUT2D eigenvalue weighted by molar-refractivity contribution is -0.146. The van der Waals surface area contributed by atoms with Crippen LogP contribution < -0.4 is 10.0 Å². The van der Waals surface area contributed by atoms with E-state index in [0.29, 0.717) is 24.5 Å². The number of aliphatic imine (C=N–C) groups is 1. The number of ether oxygens (including phenoxy) is 1. The van der Waals surface area contributed by atoms with E-state index in [4.69, 9.17) is 4.74 Å². The molecule has 9 nitrogen and oxygen atoms in total. The largest absolute Gasteiger partial charge is 0.455 e. The van der Waals surface area contributed by atoms with Crippen LogP contribution in [0.5, 0.6) is 0 Å². The fourth-order valence-corrected chi connectivity index (χ4v) is 4.36. The smallest absolute Gasteiger partial charge is 0.312 e. The highest BCUT2D eigenvalue weighted by Crippen LogP contribution is 2.16. The minimum absolute atomic E-state index is 0.000738. The van der Waals surface area contributed by atoms with E-state index in [1.54, 1.807) is 11.4 Å². The van der Waals surface area contributed by atoms with E-state index in [9.17, 15) is 18.0 Å². The van der Waals surface area contributed by atoms with Gasteiger partial charge in [-0.05, 0) is 31.5 Å². The topological polar surface area (TPSA) is 127 Å². The zero-order valence-corrected chi connectivity index (χ0v) is 17.3. The van der Waals surface area contributed by atoms with E-state index in [1.165, 1.54) is 29.5 Å². The molecule has 2 aromatic rings. The molecule has 2 N–H and O–H groups in total. The van der Waals surface area contributed by atoms with E-state index in [-0.39, 0.29) is 17.0 Å². The van der Waals surface area contributed by atoms with Gasteiger partial charge in [0.15, 0.2) is 6.61 Å². The van der Waals surface area contributed by atoms with Gasteiger partial charge in [0.1, 0.15) is 5.84 Å². The third-order valence-electron chi connectivity index (χ3n) is 3.91. The predicted molar refractivity (Wildman–Crippen MR) is 108 cm³/mol. The molecule has 0 aliphatic carbocycles. The van der Waals surface area contributed by atoms with E-state index < -0.39 is 28.5 Å². The summed E-state index contributed by atoms with van der Waals surface area (Å²) >= 11 is 1.43. The van der Waals surface area contributed by atoms with Crippen LogP contribution >= 0.6 is 11.3 Å². The van der Waals surface area contributed by atoms with Gasteiger partial charge in [0.05, 0.1) is 22.0 Å². The zero-order chi connectivity index (χ0) is 20.9. The Morgan fingerprint density at radius 3 is 2.83 bits per heavy atom. The number of aromatic nitrogens is 1. The third kappa shape index (κ3) is 6.09. The standard InChI is InChI=1S/C18H20N4O5S2/c1-12-20-14(11-28-12)9-18(24)27-10-17(23)21-13-4-2-5-15(8-13)29(25,26)22-16-6-3-7-19-16/h2,4-5,8,11H,3,6-7,9-10H2,1H3,(H,19,22)(H,21,23). The quantitative estimate of drug-likeness (QED) is 0.636. The Labute approximate surface area is 172 Å². The summed E-state index contributed by atoms with van der Waals surface area (Å²) in [5.74, 6) is -0.708. The third-order valence-corrected chi connectivity index (χ3v) is 6.11. The first-order valence-electron chi connectivity index (χ1n) is 8.84.